The average molecular weight is 498 g/mol. The standard InChI is InChI=1S/C22H18N4O8S/c1-3-5-13-8-12(9-15-20(27)23-22(35)24-21(15)28)10-18(33-4-2)19(13)34-17-7-6-14(25(29)30)11-16(17)26(31)32/h3,6-11H,1,4-5H2,2H3,(H2,23,24,27,28,35). The number of amides is 2. The van der Waals surface area contributed by atoms with E-state index in [4.69, 9.17) is 21.7 Å². The number of hydrogen-bond donors (Lipinski definition) is 2. The molecule has 2 amide bonds. The van der Waals surface area contributed by atoms with Gasteiger partial charge in [-0.15, -0.1) is 6.58 Å². The topological polar surface area (TPSA) is 163 Å². The summed E-state index contributed by atoms with van der Waals surface area (Å²) in [6.45, 7) is 5.60. The molecule has 0 atom stereocenters. The highest BCUT2D eigenvalue weighted by Crippen LogP contribution is 2.41. The van der Waals surface area contributed by atoms with E-state index in [9.17, 15) is 29.8 Å². The number of hydrogen-bond acceptors (Lipinski definition) is 9. The Morgan fingerprint density at radius 1 is 1.06 bits per heavy atom. The van der Waals surface area contributed by atoms with E-state index < -0.39 is 33.0 Å². The largest absolute Gasteiger partial charge is 0.490 e. The van der Waals surface area contributed by atoms with Crippen LogP contribution in [0.15, 0.2) is 48.6 Å². The highest BCUT2D eigenvalue weighted by atomic mass is 32.1. The summed E-state index contributed by atoms with van der Waals surface area (Å²) in [4.78, 5) is 45.4. The molecule has 0 unspecified atom stereocenters. The van der Waals surface area contributed by atoms with Crippen LogP contribution in [0.3, 0.4) is 0 Å². The number of benzene rings is 2. The Hall–Kier alpha value is -4.65. The van der Waals surface area contributed by atoms with Gasteiger partial charge in [-0.3, -0.25) is 40.5 Å². The van der Waals surface area contributed by atoms with Gasteiger partial charge in [0, 0.05) is 11.6 Å². The number of nitro groups is 2. The van der Waals surface area contributed by atoms with Crippen molar-refractivity contribution in [1.82, 2.24) is 10.6 Å². The normalized spacial score (nSPS) is 12.9. The molecule has 1 saturated heterocycles. The van der Waals surface area contributed by atoms with Crippen molar-refractivity contribution in [1.29, 1.82) is 0 Å². The zero-order chi connectivity index (χ0) is 25.7. The van der Waals surface area contributed by atoms with Gasteiger partial charge in [0.1, 0.15) is 5.57 Å². The van der Waals surface area contributed by atoms with E-state index in [2.05, 4.69) is 17.2 Å². The Labute approximate surface area is 203 Å². The molecule has 0 aromatic heterocycles. The van der Waals surface area contributed by atoms with Gasteiger partial charge in [-0.2, -0.15) is 0 Å². The molecule has 2 aromatic rings. The minimum Gasteiger partial charge on any atom is -0.490 e. The number of allylic oxidation sites excluding steroid dienone is 1. The maximum atomic E-state index is 12.2. The van der Waals surface area contributed by atoms with Gasteiger partial charge in [0.15, 0.2) is 16.6 Å². The maximum absolute atomic E-state index is 12.2. The zero-order valence-electron chi connectivity index (χ0n) is 18.2. The molecule has 3 rings (SSSR count). The molecule has 12 nitrogen and oxygen atoms in total. The Morgan fingerprint density at radius 3 is 2.31 bits per heavy atom. The molecule has 1 aliphatic heterocycles. The van der Waals surface area contributed by atoms with Crippen molar-refractivity contribution < 1.29 is 28.9 Å². The number of carbonyl (C=O) groups excluding carboxylic acids is 2. The van der Waals surface area contributed by atoms with Crippen LogP contribution >= 0.6 is 12.2 Å². The molecule has 0 saturated carbocycles. The molecular formula is C22H18N4O8S. The molecule has 0 spiro atoms. The summed E-state index contributed by atoms with van der Waals surface area (Å²) in [5.74, 6) is -1.31. The number of rotatable bonds is 9. The average Bonchev–Trinajstić information content (AvgIpc) is 2.78. The molecule has 0 aliphatic carbocycles. The summed E-state index contributed by atoms with van der Waals surface area (Å²) in [6, 6.07) is 6.09. The number of nitro benzene ring substituents is 2. The van der Waals surface area contributed by atoms with Gasteiger partial charge in [0.25, 0.3) is 17.5 Å². The van der Waals surface area contributed by atoms with Crippen LogP contribution in [0.4, 0.5) is 11.4 Å². The van der Waals surface area contributed by atoms with E-state index >= 15 is 0 Å². The second-order valence-electron chi connectivity index (χ2n) is 7.00. The highest BCUT2D eigenvalue weighted by Gasteiger charge is 2.27. The first-order valence-corrected chi connectivity index (χ1v) is 10.4. The Bertz CT molecular complexity index is 1280. The van der Waals surface area contributed by atoms with Crippen LogP contribution < -0.4 is 20.1 Å². The lowest BCUT2D eigenvalue weighted by Gasteiger charge is -2.18. The molecular weight excluding hydrogens is 480 g/mol. The van der Waals surface area contributed by atoms with E-state index in [1.165, 1.54) is 12.1 Å². The Balaban J connectivity index is 2.13. The van der Waals surface area contributed by atoms with Crippen molar-refractivity contribution >= 4 is 46.6 Å². The van der Waals surface area contributed by atoms with E-state index in [1.54, 1.807) is 19.1 Å². The van der Waals surface area contributed by atoms with Gasteiger partial charge >= 0.3 is 5.69 Å². The van der Waals surface area contributed by atoms with Crippen LogP contribution in [0.1, 0.15) is 18.1 Å². The molecule has 1 fully saturated rings. The summed E-state index contributed by atoms with van der Waals surface area (Å²) >= 11 is 4.79. The van der Waals surface area contributed by atoms with Crippen LogP contribution in [-0.2, 0) is 16.0 Å². The summed E-state index contributed by atoms with van der Waals surface area (Å²) in [6.07, 6.45) is 3.12. The van der Waals surface area contributed by atoms with Crippen LogP contribution in [0.25, 0.3) is 6.08 Å². The fourth-order valence-electron chi connectivity index (χ4n) is 3.18. The van der Waals surface area contributed by atoms with E-state index in [1.807, 2.05) is 0 Å². The zero-order valence-corrected chi connectivity index (χ0v) is 19.0. The molecule has 2 aromatic carbocycles. The molecule has 180 valence electrons. The predicted molar refractivity (Wildman–Crippen MR) is 128 cm³/mol. The van der Waals surface area contributed by atoms with Crippen molar-refractivity contribution in [3.05, 3.63) is 79.9 Å². The van der Waals surface area contributed by atoms with Crippen molar-refractivity contribution in [3.63, 3.8) is 0 Å². The minimum atomic E-state index is -0.792. The van der Waals surface area contributed by atoms with Gasteiger partial charge in [0.2, 0.25) is 5.75 Å². The number of nitrogens with zero attached hydrogens (tertiary/aromatic N) is 2. The molecule has 35 heavy (non-hydrogen) atoms. The number of nitrogens with one attached hydrogen (secondary N) is 2. The monoisotopic (exact) mass is 498 g/mol. The lowest BCUT2D eigenvalue weighted by Crippen LogP contribution is -2.51. The van der Waals surface area contributed by atoms with Gasteiger partial charge in [-0.1, -0.05) is 6.08 Å². The third kappa shape index (κ3) is 5.65. The van der Waals surface area contributed by atoms with Crippen LogP contribution in [0, 0.1) is 20.2 Å². The number of non-ortho nitro benzene ring substituents is 1. The predicted octanol–water partition coefficient (Wildman–Crippen LogP) is 3.34. The molecule has 0 bridgehead atoms. The lowest BCUT2D eigenvalue weighted by atomic mass is 10.0. The third-order valence-corrected chi connectivity index (χ3v) is 4.84. The SMILES string of the molecule is C=CCc1cc(C=C2C(=O)NC(=S)NC2=O)cc(OCC)c1Oc1ccc([N+](=O)[O-])cc1[N+](=O)[O-]. The van der Waals surface area contributed by atoms with Crippen molar-refractivity contribution in [2.75, 3.05) is 6.61 Å². The first kappa shape index (κ1) is 25.0. The number of thiocarbonyl (C=S) groups is 1. The van der Waals surface area contributed by atoms with Crippen LogP contribution in [0.5, 0.6) is 17.2 Å². The summed E-state index contributed by atoms with van der Waals surface area (Å²) in [5.41, 5.74) is -0.387. The van der Waals surface area contributed by atoms with Gasteiger partial charge in [-0.25, -0.2) is 0 Å². The maximum Gasteiger partial charge on any atom is 0.318 e. The molecule has 1 aliphatic rings. The van der Waals surface area contributed by atoms with Crippen molar-refractivity contribution in [2.45, 2.75) is 13.3 Å². The summed E-state index contributed by atoms with van der Waals surface area (Å²) < 4.78 is 11.5. The first-order valence-electron chi connectivity index (χ1n) is 10.0. The fourth-order valence-corrected chi connectivity index (χ4v) is 3.37. The fraction of sp³-hybridized carbons (Fsp3) is 0.136. The van der Waals surface area contributed by atoms with Gasteiger partial charge in [0.05, 0.1) is 22.5 Å². The molecule has 2 N–H and O–H groups in total. The quantitative estimate of drug-likeness (QED) is 0.132. The Morgan fingerprint density at radius 2 is 1.74 bits per heavy atom. The van der Waals surface area contributed by atoms with Crippen molar-refractivity contribution in [2.24, 2.45) is 0 Å². The third-order valence-electron chi connectivity index (χ3n) is 4.63. The van der Waals surface area contributed by atoms with E-state index in [0.29, 0.717) is 11.1 Å². The van der Waals surface area contributed by atoms with E-state index in [-0.39, 0.29) is 41.0 Å². The number of carbonyl (C=O) groups is 2. The Kier molecular flexibility index (Phi) is 7.51. The van der Waals surface area contributed by atoms with Crippen LogP contribution in [-0.4, -0.2) is 33.4 Å². The lowest BCUT2D eigenvalue weighted by molar-refractivity contribution is -0.394. The highest BCUT2D eigenvalue weighted by molar-refractivity contribution is 7.80. The van der Waals surface area contributed by atoms with Gasteiger partial charge in [-0.05, 0) is 55.4 Å². The summed E-state index contributed by atoms with van der Waals surface area (Å²) in [5, 5.41) is 27.1. The van der Waals surface area contributed by atoms with Gasteiger partial charge < -0.3 is 9.47 Å². The van der Waals surface area contributed by atoms with E-state index in [0.717, 1.165) is 18.2 Å². The van der Waals surface area contributed by atoms with Crippen LogP contribution in [0.2, 0.25) is 0 Å². The molecule has 1 heterocycles. The summed E-state index contributed by atoms with van der Waals surface area (Å²) in [7, 11) is 0. The molecule has 0 radical (unpaired) electrons. The second-order valence-corrected chi connectivity index (χ2v) is 7.41. The molecule has 13 heteroatoms. The second kappa shape index (κ2) is 10.5. The first-order chi connectivity index (χ1) is 16.6. The number of ether oxygens (including phenoxy) is 2. The van der Waals surface area contributed by atoms with Crippen molar-refractivity contribution in [3.8, 4) is 17.2 Å². The smallest absolute Gasteiger partial charge is 0.318 e. The minimum absolute atomic E-state index is 0.104.